The van der Waals surface area contributed by atoms with E-state index in [0.717, 1.165) is 23.3 Å². The molecule has 3 rings (SSSR count). The zero-order valence-corrected chi connectivity index (χ0v) is 11.0. The van der Waals surface area contributed by atoms with E-state index in [1.165, 1.54) is 24.1 Å². The zero-order valence-electron chi connectivity index (χ0n) is 10.2. The lowest BCUT2D eigenvalue weighted by Crippen LogP contribution is -2.01. The number of nitrogens with one attached hydrogen (secondary N) is 1. The van der Waals surface area contributed by atoms with Crippen LogP contribution in [0.25, 0.3) is 0 Å². The minimum Gasteiger partial charge on any atom is -0.347 e. The number of H-pyrrole nitrogens is 1. The fourth-order valence-electron chi connectivity index (χ4n) is 2.17. The molecule has 0 saturated heterocycles. The van der Waals surface area contributed by atoms with Gasteiger partial charge in [0.1, 0.15) is 10.5 Å². The summed E-state index contributed by atoms with van der Waals surface area (Å²) in [5.41, 5.74) is 2.62. The number of aromatic amines is 1. The standard InChI is InChI=1S/C15H16N2S/c18-15-10-13(12-7-8-12)16-14(17-15)9-6-11-4-2-1-3-5-11/h1-5,10,12H,6-9H2,(H,16,17,18). The van der Waals surface area contributed by atoms with Crippen LogP contribution in [0.4, 0.5) is 0 Å². The molecule has 0 bridgehead atoms. The molecule has 2 nitrogen and oxygen atoms in total. The second kappa shape index (κ2) is 5.02. The molecule has 3 heteroatoms. The number of benzene rings is 1. The summed E-state index contributed by atoms with van der Waals surface area (Å²) in [7, 11) is 0. The van der Waals surface area contributed by atoms with Gasteiger partial charge < -0.3 is 4.98 Å². The van der Waals surface area contributed by atoms with Gasteiger partial charge in [-0.25, -0.2) is 4.98 Å². The fraction of sp³-hybridized carbons (Fsp3) is 0.333. The summed E-state index contributed by atoms with van der Waals surface area (Å²) in [5.74, 6) is 1.72. The Morgan fingerprint density at radius 3 is 2.67 bits per heavy atom. The van der Waals surface area contributed by atoms with Crippen LogP contribution in [-0.2, 0) is 12.8 Å². The van der Waals surface area contributed by atoms with E-state index in [9.17, 15) is 0 Å². The molecule has 1 aromatic heterocycles. The van der Waals surface area contributed by atoms with Crippen molar-refractivity contribution in [1.82, 2.24) is 9.97 Å². The van der Waals surface area contributed by atoms with Gasteiger partial charge in [-0.3, -0.25) is 0 Å². The summed E-state index contributed by atoms with van der Waals surface area (Å²) in [6.07, 6.45) is 4.50. The predicted molar refractivity (Wildman–Crippen MR) is 75.2 cm³/mol. The number of aryl methyl sites for hydroxylation is 2. The molecule has 1 aliphatic rings. The maximum Gasteiger partial charge on any atom is 0.129 e. The minimum atomic E-state index is 0.699. The van der Waals surface area contributed by atoms with Crippen LogP contribution in [0.3, 0.4) is 0 Å². The van der Waals surface area contributed by atoms with Gasteiger partial charge in [0.15, 0.2) is 0 Å². The Kier molecular flexibility index (Phi) is 3.24. The highest BCUT2D eigenvalue weighted by molar-refractivity contribution is 7.71. The molecule has 0 atom stereocenters. The van der Waals surface area contributed by atoms with Crippen LogP contribution in [0.1, 0.15) is 35.8 Å². The third-order valence-electron chi connectivity index (χ3n) is 3.32. The van der Waals surface area contributed by atoms with Crippen LogP contribution in [0.5, 0.6) is 0 Å². The van der Waals surface area contributed by atoms with Gasteiger partial charge in [-0.2, -0.15) is 0 Å². The van der Waals surface area contributed by atoms with Crippen molar-refractivity contribution >= 4 is 12.2 Å². The van der Waals surface area contributed by atoms with Crippen molar-refractivity contribution in [2.75, 3.05) is 0 Å². The third kappa shape index (κ3) is 2.85. The number of hydrogen-bond acceptors (Lipinski definition) is 2. The summed E-state index contributed by atoms with van der Waals surface area (Å²) in [6, 6.07) is 12.5. The molecule has 1 aromatic carbocycles. The largest absolute Gasteiger partial charge is 0.347 e. The van der Waals surface area contributed by atoms with Gasteiger partial charge in [-0.1, -0.05) is 42.5 Å². The number of rotatable bonds is 4. The number of nitrogens with zero attached hydrogens (tertiary/aromatic N) is 1. The Morgan fingerprint density at radius 2 is 1.94 bits per heavy atom. The first kappa shape index (κ1) is 11.6. The monoisotopic (exact) mass is 256 g/mol. The second-order valence-electron chi connectivity index (χ2n) is 4.88. The highest BCUT2D eigenvalue weighted by Crippen LogP contribution is 2.38. The summed E-state index contributed by atoms with van der Waals surface area (Å²) in [5, 5.41) is 0. The molecule has 1 fully saturated rings. The molecule has 0 spiro atoms. The molecule has 1 saturated carbocycles. The van der Waals surface area contributed by atoms with Gasteiger partial charge >= 0.3 is 0 Å². The molecule has 1 aliphatic carbocycles. The Hall–Kier alpha value is -1.48. The molecule has 1 N–H and O–H groups in total. The van der Waals surface area contributed by atoms with Crippen LogP contribution in [0.2, 0.25) is 0 Å². The molecule has 18 heavy (non-hydrogen) atoms. The molecule has 92 valence electrons. The average Bonchev–Trinajstić information content (AvgIpc) is 3.21. The van der Waals surface area contributed by atoms with Crippen LogP contribution >= 0.6 is 12.2 Å². The van der Waals surface area contributed by atoms with Gasteiger partial charge in [0.2, 0.25) is 0 Å². The number of aromatic nitrogens is 2. The van der Waals surface area contributed by atoms with Crippen molar-refractivity contribution in [1.29, 1.82) is 0 Å². The van der Waals surface area contributed by atoms with E-state index in [1.807, 2.05) is 12.1 Å². The Morgan fingerprint density at radius 1 is 1.17 bits per heavy atom. The quantitative estimate of drug-likeness (QED) is 0.843. The van der Waals surface area contributed by atoms with Crippen LogP contribution in [0, 0.1) is 4.64 Å². The Balaban J connectivity index is 1.74. The van der Waals surface area contributed by atoms with Crippen molar-refractivity contribution in [3.05, 3.63) is 58.1 Å². The van der Waals surface area contributed by atoms with E-state index in [2.05, 4.69) is 34.2 Å². The maximum absolute atomic E-state index is 5.23. The summed E-state index contributed by atoms with van der Waals surface area (Å²) in [4.78, 5) is 7.86. The van der Waals surface area contributed by atoms with Crippen molar-refractivity contribution in [3.8, 4) is 0 Å². The molecular weight excluding hydrogens is 240 g/mol. The van der Waals surface area contributed by atoms with E-state index in [4.69, 9.17) is 12.2 Å². The second-order valence-corrected chi connectivity index (χ2v) is 5.30. The third-order valence-corrected chi connectivity index (χ3v) is 3.53. The first-order valence-electron chi connectivity index (χ1n) is 6.45. The lowest BCUT2D eigenvalue weighted by molar-refractivity contribution is 0.825. The van der Waals surface area contributed by atoms with Gasteiger partial charge in [-0.15, -0.1) is 0 Å². The molecule has 2 aromatic rings. The van der Waals surface area contributed by atoms with E-state index in [1.54, 1.807) is 0 Å². The first-order chi connectivity index (χ1) is 8.81. The van der Waals surface area contributed by atoms with Gasteiger partial charge in [0, 0.05) is 12.1 Å². The summed E-state index contributed by atoms with van der Waals surface area (Å²) < 4.78 is 0.721. The van der Waals surface area contributed by atoms with Crippen molar-refractivity contribution in [2.24, 2.45) is 0 Å². The van der Waals surface area contributed by atoms with Crippen LogP contribution < -0.4 is 0 Å². The fourth-order valence-corrected chi connectivity index (χ4v) is 2.41. The summed E-state index contributed by atoms with van der Waals surface area (Å²) >= 11 is 5.23. The van der Waals surface area contributed by atoms with Gasteiger partial charge in [0.05, 0.1) is 0 Å². The van der Waals surface area contributed by atoms with Crippen LogP contribution in [0.15, 0.2) is 36.4 Å². The first-order valence-corrected chi connectivity index (χ1v) is 6.86. The predicted octanol–water partition coefficient (Wildman–Crippen LogP) is 3.80. The normalized spacial score (nSPS) is 14.7. The molecule has 0 aliphatic heterocycles. The zero-order chi connectivity index (χ0) is 12.4. The molecule has 0 radical (unpaired) electrons. The SMILES string of the molecule is S=c1cc(C2CC2)[nH]c(CCc2ccccc2)n1. The smallest absolute Gasteiger partial charge is 0.129 e. The van der Waals surface area contributed by atoms with Crippen molar-refractivity contribution in [2.45, 2.75) is 31.6 Å². The molecule has 0 amide bonds. The van der Waals surface area contributed by atoms with E-state index in [0.29, 0.717) is 5.92 Å². The van der Waals surface area contributed by atoms with Gasteiger partial charge in [-0.05, 0) is 36.8 Å². The minimum absolute atomic E-state index is 0.699. The van der Waals surface area contributed by atoms with Gasteiger partial charge in [0.25, 0.3) is 0 Å². The van der Waals surface area contributed by atoms with E-state index in [-0.39, 0.29) is 0 Å². The highest BCUT2D eigenvalue weighted by Gasteiger charge is 2.24. The molecule has 1 heterocycles. The number of hydrogen-bond donors (Lipinski definition) is 1. The van der Waals surface area contributed by atoms with Crippen molar-refractivity contribution in [3.63, 3.8) is 0 Å². The average molecular weight is 256 g/mol. The lowest BCUT2D eigenvalue weighted by atomic mass is 10.1. The highest BCUT2D eigenvalue weighted by atomic mass is 32.1. The molecular formula is C15H16N2S. The Labute approximate surface area is 112 Å². The van der Waals surface area contributed by atoms with Crippen LogP contribution in [-0.4, -0.2) is 9.97 Å². The van der Waals surface area contributed by atoms with E-state index < -0.39 is 0 Å². The lowest BCUT2D eigenvalue weighted by Gasteiger charge is -2.05. The topological polar surface area (TPSA) is 28.7 Å². The Bertz CT molecular complexity index is 585. The molecule has 0 unspecified atom stereocenters. The summed E-state index contributed by atoms with van der Waals surface area (Å²) in [6.45, 7) is 0. The maximum atomic E-state index is 5.23. The van der Waals surface area contributed by atoms with Crippen molar-refractivity contribution < 1.29 is 0 Å². The van der Waals surface area contributed by atoms with E-state index >= 15 is 0 Å².